The van der Waals surface area contributed by atoms with E-state index in [9.17, 15) is 0 Å². The van der Waals surface area contributed by atoms with Crippen LogP contribution in [0.3, 0.4) is 0 Å². The molecule has 147 valence electrons. The fourth-order valence-corrected chi connectivity index (χ4v) is 10.1. The van der Waals surface area contributed by atoms with Crippen LogP contribution in [0.15, 0.2) is 66.2 Å². The van der Waals surface area contributed by atoms with Gasteiger partial charge in [0.2, 0.25) is 0 Å². The zero-order valence-corrected chi connectivity index (χ0v) is 21.1. The Morgan fingerprint density at radius 3 is 2.17 bits per heavy atom. The van der Waals surface area contributed by atoms with Crippen LogP contribution >= 0.6 is 17.0 Å². The van der Waals surface area contributed by atoms with Gasteiger partial charge in [0.1, 0.15) is 0 Å². The molecule has 0 aromatic heterocycles. The molecule has 0 heterocycles. The van der Waals surface area contributed by atoms with Crippen molar-refractivity contribution >= 4 is 23.1 Å². The number of allylic oxidation sites excluding steroid dienone is 1. The second-order valence-corrected chi connectivity index (χ2v) is 16.7. The summed E-state index contributed by atoms with van der Waals surface area (Å²) in [6, 6.07) is 22.1. The number of hydrogen-bond donors (Lipinski definition) is 0. The molecule has 3 heteroatoms. The van der Waals surface area contributed by atoms with Gasteiger partial charge in [-0.25, -0.2) is 0 Å². The average molecular weight is 500 g/mol. The minimum absolute atomic E-state index is 0.269. The van der Waals surface area contributed by atoms with Gasteiger partial charge in [-0.3, -0.25) is 0 Å². The summed E-state index contributed by atoms with van der Waals surface area (Å²) in [5.74, 6) is 0. The summed E-state index contributed by atoms with van der Waals surface area (Å²) < 4.78 is 0.269. The monoisotopic (exact) mass is 497 g/mol. The molecular weight excluding hydrogens is 474 g/mol. The van der Waals surface area contributed by atoms with E-state index in [2.05, 4.69) is 87.5 Å². The Morgan fingerprint density at radius 2 is 1.55 bits per heavy atom. The van der Waals surface area contributed by atoms with Crippen molar-refractivity contribution in [2.45, 2.75) is 37.2 Å². The Kier molecular flexibility index (Phi) is 6.50. The van der Waals surface area contributed by atoms with Gasteiger partial charge in [-0.1, -0.05) is 0 Å². The molecule has 1 unspecified atom stereocenters. The van der Waals surface area contributed by atoms with Gasteiger partial charge >= 0.3 is 190 Å². The van der Waals surface area contributed by atoms with Crippen molar-refractivity contribution in [1.29, 1.82) is 0 Å². The van der Waals surface area contributed by atoms with Crippen molar-refractivity contribution in [3.63, 3.8) is 0 Å². The van der Waals surface area contributed by atoms with Crippen molar-refractivity contribution in [1.82, 2.24) is 0 Å². The van der Waals surface area contributed by atoms with Crippen molar-refractivity contribution in [3.05, 3.63) is 88.5 Å². The summed E-state index contributed by atoms with van der Waals surface area (Å²) in [5.41, 5.74) is 11.8. The molecule has 0 amide bonds. The molecule has 1 aliphatic carbocycles. The van der Waals surface area contributed by atoms with Gasteiger partial charge in [-0.05, 0) is 0 Å². The zero-order valence-electron chi connectivity index (χ0n) is 17.1. The molecule has 3 aromatic carbocycles. The standard InChI is InChI=1S/C26H25.2ClH.Zr/c1-4-8-20-16-22-11-12-24(21-9-6-5-7-10-21)26(25(22)17-20)23-14-18(2)13-19(3)15-23;;;/h5-7,9-17H,4,8H2,1-3H3;2*1H;/q;;;+2/p-2. The summed E-state index contributed by atoms with van der Waals surface area (Å²) in [6.45, 7) is 6.57. The van der Waals surface area contributed by atoms with E-state index in [0.29, 0.717) is 0 Å². The van der Waals surface area contributed by atoms with Crippen molar-refractivity contribution in [3.8, 4) is 22.3 Å². The van der Waals surface area contributed by atoms with Crippen LogP contribution < -0.4 is 0 Å². The van der Waals surface area contributed by atoms with E-state index >= 15 is 0 Å². The van der Waals surface area contributed by atoms with Gasteiger partial charge in [0.25, 0.3) is 0 Å². The number of rotatable bonds is 5. The normalized spacial score (nSPS) is 15.2. The van der Waals surface area contributed by atoms with Crippen LogP contribution in [-0.2, 0) is 19.4 Å². The van der Waals surface area contributed by atoms with Crippen LogP contribution in [0.5, 0.6) is 0 Å². The number of halogens is 2. The number of aryl methyl sites for hydroxylation is 2. The zero-order chi connectivity index (χ0) is 20.5. The summed E-state index contributed by atoms with van der Waals surface area (Å²) in [4.78, 5) is 0. The molecule has 0 saturated heterocycles. The van der Waals surface area contributed by atoms with E-state index in [4.69, 9.17) is 17.0 Å². The summed E-state index contributed by atoms with van der Waals surface area (Å²) in [7, 11) is 13.3. The fourth-order valence-electron chi connectivity index (χ4n) is 4.56. The number of benzene rings is 3. The molecule has 1 atom stereocenters. The Morgan fingerprint density at radius 1 is 0.862 bits per heavy atom. The molecule has 29 heavy (non-hydrogen) atoms. The second-order valence-electron chi connectivity index (χ2n) is 7.93. The molecule has 0 radical (unpaired) electrons. The van der Waals surface area contributed by atoms with Gasteiger partial charge in [-0.15, -0.1) is 0 Å². The van der Waals surface area contributed by atoms with E-state index in [-0.39, 0.29) is 3.63 Å². The Labute approximate surface area is 189 Å². The van der Waals surface area contributed by atoms with E-state index in [1.165, 1.54) is 50.1 Å². The molecule has 3 aromatic rings. The molecule has 0 bridgehead atoms. The first-order valence-corrected chi connectivity index (χ1v) is 17.9. The quantitative estimate of drug-likeness (QED) is 0.329. The van der Waals surface area contributed by atoms with Crippen molar-refractivity contribution in [2.24, 2.45) is 0 Å². The van der Waals surface area contributed by atoms with Crippen LogP contribution in [0.1, 0.15) is 45.6 Å². The van der Waals surface area contributed by atoms with Gasteiger partial charge in [0.05, 0.1) is 0 Å². The third-order valence-electron chi connectivity index (χ3n) is 5.64. The Hall–Kier alpha value is -1.14. The maximum atomic E-state index is 6.67. The predicted molar refractivity (Wildman–Crippen MR) is 124 cm³/mol. The van der Waals surface area contributed by atoms with E-state index in [0.717, 1.165) is 12.8 Å². The second kappa shape index (κ2) is 8.93. The van der Waals surface area contributed by atoms with Gasteiger partial charge < -0.3 is 0 Å². The Balaban J connectivity index is 2.03. The molecule has 0 nitrogen and oxygen atoms in total. The first-order chi connectivity index (χ1) is 14.0. The molecule has 0 N–H and O–H groups in total. The van der Waals surface area contributed by atoms with Gasteiger partial charge in [0.15, 0.2) is 0 Å². The summed E-state index contributed by atoms with van der Waals surface area (Å²) >= 11 is -2.50. The van der Waals surface area contributed by atoms with E-state index in [1.54, 1.807) is 0 Å². The van der Waals surface area contributed by atoms with E-state index < -0.39 is 19.4 Å². The van der Waals surface area contributed by atoms with Crippen LogP contribution in [0.4, 0.5) is 0 Å². The average Bonchev–Trinajstić information content (AvgIpc) is 3.05. The molecular formula is C26H25Cl2Zr. The van der Waals surface area contributed by atoms with Crippen molar-refractivity contribution in [2.75, 3.05) is 0 Å². The summed E-state index contributed by atoms with van der Waals surface area (Å²) in [5, 5.41) is 0. The third kappa shape index (κ3) is 4.20. The molecule has 1 aliphatic rings. The van der Waals surface area contributed by atoms with Crippen LogP contribution in [-0.4, -0.2) is 0 Å². The number of fused-ring (bicyclic) bond motifs is 1. The molecule has 0 aliphatic heterocycles. The molecule has 0 fully saturated rings. The van der Waals surface area contributed by atoms with Crippen LogP contribution in [0.2, 0.25) is 0 Å². The first kappa shape index (κ1) is 21.1. The SMILES string of the molecule is CCCC1=Cc2c(ccc(-c3ccccc3)c2-c2cc(C)cc(C)c2)[CH]1[Zr]([Cl])[Cl]. The molecule has 0 saturated carbocycles. The van der Waals surface area contributed by atoms with E-state index in [1.807, 2.05) is 0 Å². The predicted octanol–water partition coefficient (Wildman–Crippen LogP) is 8.80. The summed E-state index contributed by atoms with van der Waals surface area (Å²) in [6.07, 6.45) is 4.58. The van der Waals surface area contributed by atoms with Gasteiger partial charge in [0, 0.05) is 0 Å². The fraction of sp³-hybridized carbons (Fsp3) is 0.231. The molecule has 4 rings (SSSR count). The number of hydrogen-bond acceptors (Lipinski definition) is 0. The maximum absolute atomic E-state index is 6.67. The minimum atomic E-state index is -2.50. The topological polar surface area (TPSA) is 0 Å². The van der Waals surface area contributed by atoms with Crippen LogP contribution in [0, 0.1) is 13.8 Å². The molecule has 0 spiro atoms. The third-order valence-corrected chi connectivity index (χ3v) is 11.0. The van der Waals surface area contributed by atoms with Gasteiger partial charge in [-0.2, -0.15) is 0 Å². The van der Waals surface area contributed by atoms with Crippen LogP contribution in [0.25, 0.3) is 28.3 Å². The first-order valence-electron chi connectivity index (χ1n) is 10.2. The van der Waals surface area contributed by atoms with Crippen molar-refractivity contribution < 1.29 is 19.4 Å². The Bertz CT molecular complexity index is 1050.